The summed E-state index contributed by atoms with van der Waals surface area (Å²) in [7, 11) is 0. The fourth-order valence-corrected chi connectivity index (χ4v) is 5.30. The molecule has 108 valence electrons. The van der Waals surface area contributed by atoms with E-state index in [9.17, 15) is 13.6 Å². The van der Waals surface area contributed by atoms with E-state index in [0.29, 0.717) is 11.8 Å². The smallest absolute Gasteiger partial charge is 0.312 e. The average Bonchev–Trinajstić information content (AvgIpc) is 2.21. The molecule has 0 N–H and O–H groups in total. The Bertz CT molecular complexity index is 385. The Balaban J connectivity index is 1.74. The minimum atomic E-state index is -2.93. The molecule has 0 saturated heterocycles. The van der Waals surface area contributed by atoms with E-state index >= 15 is 0 Å². The van der Waals surface area contributed by atoms with E-state index in [2.05, 4.69) is 6.92 Å². The third-order valence-corrected chi connectivity index (χ3v) is 5.24. The molecule has 4 aliphatic carbocycles. The second-order valence-electron chi connectivity index (χ2n) is 7.70. The van der Waals surface area contributed by atoms with Crippen LogP contribution >= 0.6 is 0 Å². The summed E-state index contributed by atoms with van der Waals surface area (Å²) in [6.07, 6.45) is 6.15. The molecule has 0 radical (unpaired) electrons. The first-order chi connectivity index (χ1) is 8.70. The van der Waals surface area contributed by atoms with Gasteiger partial charge in [0.05, 0.1) is 5.41 Å². The van der Waals surface area contributed by atoms with Crippen LogP contribution in [0.25, 0.3) is 0 Å². The van der Waals surface area contributed by atoms with Crippen LogP contribution in [0.4, 0.5) is 8.78 Å². The van der Waals surface area contributed by atoms with E-state index < -0.39 is 17.9 Å². The number of alkyl halides is 2. The Morgan fingerprint density at radius 3 is 2.32 bits per heavy atom. The fourth-order valence-electron chi connectivity index (χ4n) is 5.30. The quantitative estimate of drug-likeness (QED) is 0.731. The van der Waals surface area contributed by atoms with Crippen molar-refractivity contribution in [1.29, 1.82) is 0 Å². The first-order valence-electron chi connectivity index (χ1n) is 7.25. The molecule has 4 bridgehead atoms. The van der Waals surface area contributed by atoms with Crippen molar-refractivity contribution in [3.8, 4) is 0 Å². The van der Waals surface area contributed by atoms with Crippen LogP contribution in [0, 0.1) is 22.7 Å². The summed E-state index contributed by atoms with van der Waals surface area (Å²) in [4.78, 5) is 12.3. The molecule has 4 rings (SSSR count). The normalized spacial score (nSPS) is 44.4. The highest BCUT2D eigenvalue weighted by Crippen LogP contribution is 2.65. The molecule has 0 aliphatic heterocycles. The summed E-state index contributed by atoms with van der Waals surface area (Å²) in [5.74, 6) is -2.10. The van der Waals surface area contributed by atoms with Crippen LogP contribution in [-0.2, 0) is 9.53 Å². The lowest BCUT2D eigenvalue weighted by Crippen LogP contribution is -2.54. The van der Waals surface area contributed by atoms with Crippen molar-refractivity contribution in [3.63, 3.8) is 0 Å². The lowest BCUT2D eigenvalue weighted by molar-refractivity contribution is -0.187. The molecule has 2 nitrogen and oxygen atoms in total. The summed E-state index contributed by atoms with van der Waals surface area (Å²) in [5.41, 5.74) is -0.220. The maximum atomic E-state index is 12.9. The monoisotopic (exact) mass is 272 g/mol. The number of hydrogen-bond donors (Lipinski definition) is 0. The van der Waals surface area contributed by atoms with Gasteiger partial charge in [-0.1, -0.05) is 6.92 Å². The molecule has 4 saturated carbocycles. The number of rotatable bonds is 3. The van der Waals surface area contributed by atoms with Crippen molar-refractivity contribution in [3.05, 3.63) is 0 Å². The number of esters is 1. The van der Waals surface area contributed by atoms with Gasteiger partial charge in [-0.05, 0) is 55.8 Å². The number of carbonyl (C=O) groups is 1. The van der Waals surface area contributed by atoms with Crippen molar-refractivity contribution >= 4 is 5.97 Å². The zero-order valence-electron chi connectivity index (χ0n) is 11.7. The van der Waals surface area contributed by atoms with Gasteiger partial charge in [0.2, 0.25) is 0 Å². The lowest BCUT2D eigenvalue weighted by atomic mass is 9.44. The van der Waals surface area contributed by atoms with Crippen LogP contribution in [0.2, 0.25) is 0 Å². The predicted octanol–water partition coefficient (Wildman–Crippen LogP) is 3.79. The Kier molecular flexibility index (Phi) is 2.75. The van der Waals surface area contributed by atoms with Gasteiger partial charge < -0.3 is 4.74 Å². The van der Waals surface area contributed by atoms with Gasteiger partial charge in [-0.3, -0.25) is 4.79 Å². The highest BCUT2D eigenvalue weighted by atomic mass is 19.3. The van der Waals surface area contributed by atoms with E-state index in [1.807, 2.05) is 0 Å². The summed E-state index contributed by atoms with van der Waals surface area (Å²) < 4.78 is 30.7. The maximum absolute atomic E-state index is 12.9. The first kappa shape index (κ1) is 13.3. The summed E-state index contributed by atoms with van der Waals surface area (Å²) in [5, 5.41) is 0. The molecule has 0 aromatic rings. The van der Waals surface area contributed by atoms with Crippen molar-refractivity contribution in [2.75, 3.05) is 6.61 Å². The van der Waals surface area contributed by atoms with Crippen LogP contribution in [0.15, 0.2) is 0 Å². The van der Waals surface area contributed by atoms with Crippen LogP contribution in [0.3, 0.4) is 0 Å². The first-order valence-corrected chi connectivity index (χ1v) is 7.25. The highest BCUT2D eigenvalue weighted by Gasteiger charge is 2.59. The molecular weight excluding hydrogens is 250 g/mol. The molecule has 0 heterocycles. The average molecular weight is 272 g/mol. The number of ether oxygens (including phenoxy) is 1. The van der Waals surface area contributed by atoms with Gasteiger partial charge in [0.1, 0.15) is 0 Å². The zero-order chi connectivity index (χ0) is 13.9. The van der Waals surface area contributed by atoms with Crippen LogP contribution < -0.4 is 0 Å². The Labute approximate surface area is 112 Å². The van der Waals surface area contributed by atoms with Crippen molar-refractivity contribution in [2.24, 2.45) is 22.7 Å². The van der Waals surface area contributed by atoms with Crippen molar-refractivity contribution in [1.82, 2.24) is 0 Å². The minimum absolute atomic E-state index is 0.234. The van der Waals surface area contributed by atoms with Crippen LogP contribution in [0.1, 0.15) is 52.4 Å². The van der Waals surface area contributed by atoms with Gasteiger partial charge in [0, 0.05) is 6.92 Å². The topological polar surface area (TPSA) is 26.3 Å². The SMILES string of the molecule is CC(F)(F)COC(=O)C12CC3CC(CC(C)(C3)C1)C2. The Hall–Kier alpha value is -0.670. The molecule has 0 amide bonds. The second-order valence-corrected chi connectivity index (χ2v) is 7.70. The number of hydrogen-bond acceptors (Lipinski definition) is 2. The van der Waals surface area contributed by atoms with Gasteiger partial charge >= 0.3 is 5.97 Å². The van der Waals surface area contributed by atoms with Crippen LogP contribution in [0.5, 0.6) is 0 Å². The van der Waals surface area contributed by atoms with Gasteiger partial charge in [-0.25, -0.2) is 8.78 Å². The maximum Gasteiger partial charge on any atom is 0.312 e. The summed E-state index contributed by atoms with van der Waals surface area (Å²) in [6, 6.07) is 0. The molecule has 4 aliphatic rings. The van der Waals surface area contributed by atoms with Crippen LogP contribution in [-0.4, -0.2) is 18.5 Å². The lowest BCUT2D eigenvalue weighted by Gasteiger charge is -2.59. The molecule has 0 aromatic heterocycles. The van der Waals surface area contributed by atoms with E-state index in [-0.39, 0.29) is 11.4 Å². The molecule has 2 atom stereocenters. The van der Waals surface area contributed by atoms with Gasteiger partial charge in [-0.2, -0.15) is 0 Å². The van der Waals surface area contributed by atoms with Gasteiger partial charge in [0.15, 0.2) is 6.61 Å². The summed E-state index contributed by atoms with van der Waals surface area (Å²) >= 11 is 0. The molecular formula is C15H22F2O2. The largest absolute Gasteiger partial charge is 0.459 e. The zero-order valence-corrected chi connectivity index (χ0v) is 11.7. The Morgan fingerprint density at radius 2 is 1.84 bits per heavy atom. The molecule has 4 fully saturated rings. The third kappa shape index (κ3) is 2.38. The second kappa shape index (κ2) is 3.92. The fraction of sp³-hybridized carbons (Fsp3) is 0.933. The molecule has 4 heteroatoms. The van der Waals surface area contributed by atoms with E-state index in [0.717, 1.165) is 26.2 Å². The van der Waals surface area contributed by atoms with E-state index in [1.165, 1.54) is 19.3 Å². The highest BCUT2D eigenvalue weighted by molar-refractivity contribution is 5.77. The standard InChI is InChI=1S/C15H22F2O2/c1-13-4-10-3-11(5-13)7-15(6-10,8-13)12(18)19-9-14(2,16)17/h10-11H,3-9H2,1-2H3. The molecule has 0 aromatic carbocycles. The number of halogens is 2. The van der Waals surface area contributed by atoms with Crippen molar-refractivity contribution in [2.45, 2.75) is 58.3 Å². The minimum Gasteiger partial charge on any atom is -0.459 e. The predicted molar refractivity (Wildman–Crippen MR) is 66.8 cm³/mol. The van der Waals surface area contributed by atoms with E-state index in [1.54, 1.807) is 0 Å². The van der Waals surface area contributed by atoms with Crippen molar-refractivity contribution < 1.29 is 18.3 Å². The molecule has 2 unspecified atom stereocenters. The third-order valence-electron chi connectivity index (χ3n) is 5.24. The van der Waals surface area contributed by atoms with Gasteiger partial charge in [0.25, 0.3) is 5.92 Å². The van der Waals surface area contributed by atoms with Gasteiger partial charge in [-0.15, -0.1) is 0 Å². The van der Waals surface area contributed by atoms with E-state index in [4.69, 9.17) is 4.74 Å². The number of carbonyl (C=O) groups excluding carboxylic acids is 1. The summed E-state index contributed by atoms with van der Waals surface area (Å²) in [6.45, 7) is 2.27. The Morgan fingerprint density at radius 1 is 1.26 bits per heavy atom. The molecule has 0 spiro atoms. The molecule has 19 heavy (non-hydrogen) atoms.